The first-order valence-corrected chi connectivity index (χ1v) is 2.55. The van der Waals surface area contributed by atoms with E-state index in [0.29, 0.717) is 0 Å². The van der Waals surface area contributed by atoms with Crippen LogP contribution in [0.2, 0.25) is 0 Å². The Labute approximate surface area is 53.0 Å². The van der Waals surface area contributed by atoms with E-state index in [0.717, 1.165) is 0 Å². The number of H-pyrrole nitrogens is 1. The fourth-order valence-corrected chi connectivity index (χ4v) is 0.583. The lowest BCUT2D eigenvalue weighted by molar-refractivity contribution is 1.02. The molecule has 0 saturated heterocycles. The summed E-state index contributed by atoms with van der Waals surface area (Å²) < 4.78 is 1.46. The lowest BCUT2D eigenvalue weighted by atomic mass is 11.3. The Morgan fingerprint density at radius 1 is 2.00 bits per heavy atom. The summed E-state index contributed by atoms with van der Waals surface area (Å²) in [5.41, 5.74) is -0.311. The molecule has 0 fully saturated rings. The van der Waals surface area contributed by atoms with Crippen molar-refractivity contribution in [2.75, 3.05) is 0 Å². The summed E-state index contributed by atoms with van der Waals surface area (Å²) in [7, 11) is 0. The van der Waals surface area contributed by atoms with Crippen LogP contribution in [0.25, 0.3) is 0 Å². The number of nitrogens with one attached hydrogen (secondary N) is 1. The van der Waals surface area contributed by atoms with E-state index in [1.807, 2.05) is 22.9 Å². The van der Waals surface area contributed by atoms with Gasteiger partial charge in [0.2, 0.25) is 0 Å². The Morgan fingerprint density at radius 2 is 2.71 bits per heavy atom. The largest absolute Gasteiger partial charge is 0.361 e. The molecule has 1 rings (SSSR count). The van der Waals surface area contributed by atoms with E-state index < -0.39 is 0 Å². The van der Waals surface area contributed by atoms with Gasteiger partial charge in [0.15, 0.2) is 0 Å². The van der Waals surface area contributed by atoms with Gasteiger partial charge in [-0.2, -0.15) is 4.98 Å². The van der Waals surface area contributed by atoms with E-state index in [9.17, 15) is 4.79 Å². The molecule has 1 aromatic heterocycles. The fourth-order valence-electron chi connectivity index (χ4n) is 0.252. The highest BCUT2D eigenvalue weighted by Gasteiger charge is 1.81. The van der Waals surface area contributed by atoms with Gasteiger partial charge >= 0.3 is 5.69 Å². The first-order chi connectivity index (χ1) is 3.29. The molecule has 7 heavy (non-hydrogen) atoms. The van der Waals surface area contributed by atoms with Crippen LogP contribution in [-0.2, 0) is 0 Å². The smallest absolute Gasteiger partial charge is 0.244 e. The third-order valence-electron chi connectivity index (χ3n) is 0.479. The van der Waals surface area contributed by atoms with Crippen molar-refractivity contribution in [2.24, 2.45) is 0 Å². The van der Waals surface area contributed by atoms with E-state index in [1.165, 1.54) is 9.22 Å². The maximum atomic E-state index is 10.1. The van der Waals surface area contributed by atoms with Gasteiger partial charge in [-0.25, -0.2) is 12.8 Å². The van der Waals surface area contributed by atoms with Crippen LogP contribution in [0, 0.1) is 0 Å². The Morgan fingerprint density at radius 3 is 2.86 bits per heavy atom. The second-order valence-electron chi connectivity index (χ2n) is 0.973. The Hall–Kier alpha value is -0.330. The van der Waals surface area contributed by atoms with Crippen LogP contribution in [-0.4, -0.2) is 13.0 Å². The first-order valence-electron chi connectivity index (χ1n) is 1.59. The SMILES string of the molecule is O=c1ncn(I)[nH]1. The lowest BCUT2D eigenvalue weighted by Gasteiger charge is -1.73. The lowest BCUT2D eigenvalue weighted by Crippen LogP contribution is -2.01. The van der Waals surface area contributed by atoms with E-state index >= 15 is 0 Å². The third kappa shape index (κ3) is 1.02. The van der Waals surface area contributed by atoms with Crippen LogP contribution >= 0.6 is 22.9 Å². The molecule has 0 aliphatic rings. The highest BCUT2D eigenvalue weighted by atomic mass is 127. The van der Waals surface area contributed by atoms with Crippen molar-refractivity contribution in [3.63, 3.8) is 0 Å². The van der Waals surface area contributed by atoms with Gasteiger partial charge in [0.25, 0.3) is 0 Å². The van der Waals surface area contributed by atoms with Crippen molar-refractivity contribution in [3.05, 3.63) is 16.8 Å². The summed E-state index contributed by atoms with van der Waals surface area (Å²) in [6.45, 7) is 0. The number of aromatic amines is 1. The highest BCUT2D eigenvalue weighted by molar-refractivity contribution is 14.1. The maximum absolute atomic E-state index is 10.1. The summed E-state index contributed by atoms with van der Waals surface area (Å²) in [6, 6.07) is 0. The molecule has 0 aliphatic heterocycles. The maximum Gasteiger partial charge on any atom is 0.361 e. The third-order valence-corrected chi connectivity index (χ3v) is 0.969. The van der Waals surface area contributed by atoms with Crippen LogP contribution in [0.4, 0.5) is 0 Å². The van der Waals surface area contributed by atoms with E-state index in [1.54, 1.807) is 0 Å². The molecule has 0 unspecified atom stereocenters. The summed E-state index contributed by atoms with van der Waals surface area (Å²) >= 11 is 1.90. The average Bonchev–Trinajstić information content (AvgIpc) is 1.87. The number of aromatic nitrogens is 3. The Bertz CT molecular complexity index is 201. The van der Waals surface area contributed by atoms with Gasteiger partial charge in [-0.15, -0.1) is 0 Å². The van der Waals surface area contributed by atoms with Gasteiger partial charge in [0, 0.05) is 0 Å². The summed E-state index contributed by atoms with van der Waals surface area (Å²) in [4.78, 5) is 13.5. The molecule has 0 atom stereocenters. The number of hydrogen-bond acceptors (Lipinski definition) is 2. The van der Waals surface area contributed by atoms with Crippen molar-refractivity contribution < 1.29 is 0 Å². The number of halogens is 1. The topological polar surface area (TPSA) is 50.7 Å². The summed E-state index contributed by atoms with van der Waals surface area (Å²) in [5.74, 6) is 0. The zero-order valence-corrected chi connectivity index (χ0v) is 5.42. The van der Waals surface area contributed by atoms with Crippen molar-refractivity contribution in [1.82, 2.24) is 13.0 Å². The zero-order valence-electron chi connectivity index (χ0n) is 3.26. The van der Waals surface area contributed by atoms with Gasteiger partial charge in [-0.3, -0.25) is 0 Å². The van der Waals surface area contributed by atoms with E-state index in [2.05, 4.69) is 10.1 Å². The fraction of sp³-hybridized carbons (Fsp3) is 0. The number of rotatable bonds is 0. The van der Waals surface area contributed by atoms with E-state index in [-0.39, 0.29) is 5.69 Å². The molecule has 0 aliphatic carbocycles. The second-order valence-corrected chi connectivity index (χ2v) is 2.01. The van der Waals surface area contributed by atoms with Gasteiger partial charge in [-0.1, -0.05) is 0 Å². The molecule has 1 aromatic rings. The average molecular weight is 211 g/mol. The quantitative estimate of drug-likeness (QED) is 0.602. The van der Waals surface area contributed by atoms with Gasteiger partial charge in [0.1, 0.15) is 6.33 Å². The molecule has 0 saturated carbocycles. The Balaban J connectivity index is 3.30. The summed E-state index contributed by atoms with van der Waals surface area (Å²) in [5, 5.41) is 2.38. The van der Waals surface area contributed by atoms with Crippen LogP contribution in [0.15, 0.2) is 11.1 Å². The monoisotopic (exact) mass is 211 g/mol. The molecule has 1 heterocycles. The van der Waals surface area contributed by atoms with E-state index in [4.69, 9.17) is 0 Å². The number of nitrogens with zero attached hydrogens (tertiary/aromatic N) is 2. The minimum Gasteiger partial charge on any atom is -0.244 e. The van der Waals surface area contributed by atoms with Crippen molar-refractivity contribution in [3.8, 4) is 0 Å². The normalized spacial score (nSPS) is 9.29. The van der Waals surface area contributed by atoms with Crippen molar-refractivity contribution in [2.45, 2.75) is 0 Å². The van der Waals surface area contributed by atoms with Crippen LogP contribution in [0.5, 0.6) is 0 Å². The predicted molar refractivity (Wildman–Crippen MR) is 32.3 cm³/mol. The second kappa shape index (κ2) is 1.65. The minimum atomic E-state index is -0.311. The van der Waals surface area contributed by atoms with Gasteiger partial charge in [-0.05, 0) is 0 Å². The van der Waals surface area contributed by atoms with Crippen molar-refractivity contribution >= 4 is 22.9 Å². The van der Waals surface area contributed by atoms with Gasteiger partial charge < -0.3 is 0 Å². The molecular formula is C2H2IN3O. The zero-order chi connectivity index (χ0) is 5.28. The predicted octanol–water partition coefficient (Wildman–Crippen LogP) is -0.230. The van der Waals surface area contributed by atoms with Crippen molar-refractivity contribution in [1.29, 1.82) is 0 Å². The minimum absolute atomic E-state index is 0.311. The van der Waals surface area contributed by atoms with Crippen LogP contribution < -0.4 is 5.69 Å². The molecule has 0 amide bonds. The van der Waals surface area contributed by atoms with Crippen LogP contribution in [0.1, 0.15) is 0 Å². The molecule has 5 heteroatoms. The van der Waals surface area contributed by atoms with Gasteiger partial charge in [0.05, 0.1) is 22.9 Å². The van der Waals surface area contributed by atoms with Crippen LogP contribution in [0.3, 0.4) is 0 Å². The molecule has 0 bridgehead atoms. The first kappa shape index (κ1) is 4.82. The highest BCUT2D eigenvalue weighted by Crippen LogP contribution is 1.79. The molecule has 1 N–H and O–H groups in total. The molecule has 0 radical (unpaired) electrons. The Kier molecular flexibility index (Phi) is 1.13. The molecule has 0 spiro atoms. The summed E-state index contributed by atoms with van der Waals surface area (Å²) in [6.07, 6.45) is 1.41. The molecular weight excluding hydrogens is 209 g/mol. The molecule has 38 valence electrons. The molecule has 4 nitrogen and oxygen atoms in total. The molecule has 0 aromatic carbocycles. The number of hydrogen-bond donors (Lipinski definition) is 1. The standard InChI is InChI=1S/C2H2IN3O/c3-6-1-4-2(7)5-6/h1H,(H,5,7).